The summed E-state index contributed by atoms with van der Waals surface area (Å²) in [7, 11) is 0. The molecule has 2 rings (SSSR count). The minimum absolute atomic E-state index is 0.0131. The average molecular weight is 244 g/mol. The topological polar surface area (TPSA) is 29.5 Å². The van der Waals surface area contributed by atoms with E-state index in [0.717, 1.165) is 18.1 Å². The van der Waals surface area contributed by atoms with Crippen LogP contribution in [0.3, 0.4) is 0 Å². The summed E-state index contributed by atoms with van der Waals surface area (Å²) in [6.07, 6.45) is 3.84. The fourth-order valence-electron chi connectivity index (χ4n) is 3.24. The number of thioether (sulfide) groups is 1. The van der Waals surface area contributed by atoms with E-state index in [1.54, 1.807) is 0 Å². The Bertz CT molecular complexity index is 244. The van der Waals surface area contributed by atoms with Gasteiger partial charge in [0.2, 0.25) is 0 Å². The Kier molecular flexibility index (Phi) is 3.87. The second-order valence-electron chi connectivity index (χ2n) is 5.78. The maximum absolute atomic E-state index is 9.23. The molecule has 2 fully saturated rings. The highest BCUT2D eigenvalue weighted by Gasteiger charge is 2.50. The molecule has 0 aromatic carbocycles. The lowest BCUT2D eigenvalue weighted by atomic mass is 9.75. The third-order valence-electron chi connectivity index (χ3n) is 4.06. The first-order chi connectivity index (χ1) is 7.57. The van der Waals surface area contributed by atoms with Gasteiger partial charge in [0.1, 0.15) is 4.93 Å². The highest BCUT2D eigenvalue weighted by Crippen LogP contribution is 2.53. The number of aliphatic hydroxyl groups excluding tert-OH is 1. The molecule has 2 nitrogen and oxygen atoms in total. The van der Waals surface area contributed by atoms with E-state index >= 15 is 0 Å². The monoisotopic (exact) mass is 244 g/mol. The molecule has 2 aliphatic rings. The number of hydrogen-bond donors (Lipinski definition) is 1. The molecule has 3 heteroatoms. The Hall–Kier alpha value is 0.270. The van der Waals surface area contributed by atoms with Gasteiger partial charge < -0.3 is 9.84 Å². The highest BCUT2D eigenvalue weighted by atomic mass is 32.2. The average Bonchev–Trinajstić information content (AvgIpc) is 2.61. The summed E-state index contributed by atoms with van der Waals surface area (Å²) >= 11 is 1.96. The van der Waals surface area contributed by atoms with Gasteiger partial charge in [-0.15, -0.1) is 11.8 Å². The number of aliphatic hydroxyl groups is 1. The van der Waals surface area contributed by atoms with Crippen LogP contribution in [0.1, 0.15) is 40.0 Å². The van der Waals surface area contributed by atoms with Gasteiger partial charge in [-0.05, 0) is 30.6 Å². The predicted molar refractivity (Wildman–Crippen MR) is 68.5 cm³/mol. The first-order valence-corrected chi connectivity index (χ1v) is 7.48. The molecule has 1 heterocycles. The molecule has 0 radical (unpaired) electrons. The van der Waals surface area contributed by atoms with Crippen molar-refractivity contribution in [2.45, 2.75) is 51.1 Å². The summed E-state index contributed by atoms with van der Waals surface area (Å²) in [5.74, 6) is 3.06. The number of hydrogen-bond acceptors (Lipinski definition) is 3. The number of rotatable bonds is 2. The first-order valence-electron chi connectivity index (χ1n) is 6.50. The summed E-state index contributed by atoms with van der Waals surface area (Å²) in [6, 6.07) is 0. The van der Waals surface area contributed by atoms with E-state index in [9.17, 15) is 5.11 Å². The van der Waals surface area contributed by atoms with Crippen LogP contribution >= 0.6 is 11.8 Å². The molecule has 1 aliphatic carbocycles. The van der Waals surface area contributed by atoms with E-state index in [-0.39, 0.29) is 17.6 Å². The molecular weight excluding hydrogens is 220 g/mol. The fourth-order valence-corrected chi connectivity index (χ4v) is 5.09. The van der Waals surface area contributed by atoms with Crippen molar-refractivity contribution in [3.05, 3.63) is 0 Å². The van der Waals surface area contributed by atoms with E-state index in [2.05, 4.69) is 20.8 Å². The molecule has 1 spiro atoms. The van der Waals surface area contributed by atoms with Crippen molar-refractivity contribution in [1.29, 1.82) is 0 Å². The van der Waals surface area contributed by atoms with Gasteiger partial charge in [-0.2, -0.15) is 0 Å². The number of ether oxygens (including phenoxy) is 1. The molecule has 1 saturated carbocycles. The molecule has 0 aromatic heterocycles. The summed E-state index contributed by atoms with van der Waals surface area (Å²) in [4.78, 5) is 0.0131. The SMILES string of the molecule is CC1CCC(C(C)C)C2(C1)OC(CO)CS2. The van der Waals surface area contributed by atoms with Gasteiger partial charge in [0.05, 0.1) is 12.7 Å². The molecule has 16 heavy (non-hydrogen) atoms. The standard InChI is InChI=1S/C13H24O2S/c1-9(2)12-5-4-10(3)6-13(12)15-11(7-14)8-16-13/h9-12,14H,4-8H2,1-3H3. The second kappa shape index (κ2) is 4.87. The Morgan fingerprint density at radius 3 is 2.75 bits per heavy atom. The van der Waals surface area contributed by atoms with Gasteiger partial charge in [0, 0.05) is 5.75 Å². The minimum Gasteiger partial charge on any atom is -0.394 e. The largest absolute Gasteiger partial charge is 0.394 e. The van der Waals surface area contributed by atoms with Gasteiger partial charge in [-0.3, -0.25) is 0 Å². The Labute approximate surface area is 103 Å². The molecule has 94 valence electrons. The molecule has 0 bridgehead atoms. The van der Waals surface area contributed by atoms with E-state index in [4.69, 9.17) is 4.74 Å². The Balaban J connectivity index is 2.13. The highest BCUT2D eigenvalue weighted by molar-refractivity contribution is 8.00. The quantitative estimate of drug-likeness (QED) is 0.810. The van der Waals surface area contributed by atoms with Crippen LogP contribution in [0, 0.1) is 17.8 Å². The van der Waals surface area contributed by atoms with Gasteiger partial charge >= 0.3 is 0 Å². The molecule has 1 N–H and O–H groups in total. The van der Waals surface area contributed by atoms with Crippen molar-refractivity contribution < 1.29 is 9.84 Å². The fraction of sp³-hybridized carbons (Fsp3) is 1.00. The van der Waals surface area contributed by atoms with Crippen molar-refractivity contribution in [3.8, 4) is 0 Å². The van der Waals surface area contributed by atoms with Gasteiger partial charge in [0.15, 0.2) is 0 Å². The zero-order valence-electron chi connectivity index (χ0n) is 10.6. The molecule has 4 unspecified atom stereocenters. The van der Waals surface area contributed by atoms with E-state index < -0.39 is 0 Å². The molecule has 0 amide bonds. The van der Waals surface area contributed by atoms with Crippen molar-refractivity contribution in [2.75, 3.05) is 12.4 Å². The summed E-state index contributed by atoms with van der Waals surface area (Å²) in [5, 5.41) is 9.23. The van der Waals surface area contributed by atoms with Crippen LogP contribution in [0.2, 0.25) is 0 Å². The van der Waals surface area contributed by atoms with Crippen LogP contribution in [-0.2, 0) is 4.74 Å². The van der Waals surface area contributed by atoms with Crippen LogP contribution in [-0.4, -0.2) is 28.5 Å². The predicted octanol–water partition coefficient (Wildman–Crippen LogP) is 2.90. The molecule has 0 aromatic rings. The summed E-state index contributed by atoms with van der Waals surface area (Å²) in [6.45, 7) is 7.11. The lowest BCUT2D eigenvalue weighted by molar-refractivity contribution is -0.0963. The lowest BCUT2D eigenvalue weighted by Gasteiger charge is -2.44. The van der Waals surface area contributed by atoms with Crippen LogP contribution in [0.4, 0.5) is 0 Å². The van der Waals surface area contributed by atoms with E-state index in [1.807, 2.05) is 11.8 Å². The van der Waals surface area contributed by atoms with Crippen LogP contribution < -0.4 is 0 Å². The van der Waals surface area contributed by atoms with Gasteiger partial charge in [0.25, 0.3) is 0 Å². The normalized spacial score (nSPS) is 44.4. The molecule has 1 saturated heterocycles. The van der Waals surface area contributed by atoms with Crippen molar-refractivity contribution in [3.63, 3.8) is 0 Å². The third-order valence-corrected chi connectivity index (χ3v) is 5.65. The molecule has 4 atom stereocenters. The third kappa shape index (κ3) is 2.27. The molecule has 1 aliphatic heterocycles. The van der Waals surface area contributed by atoms with Crippen LogP contribution in [0.15, 0.2) is 0 Å². The summed E-state index contributed by atoms with van der Waals surface area (Å²) < 4.78 is 6.20. The van der Waals surface area contributed by atoms with Crippen LogP contribution in [0.25, 0.3) is 0 Å². The van der Waals surface area contributed by atoms with Crippen molar-refractivity contribution in [2.24, 2.45) is 17.8 Å². The maximum Gasteiger partial charge on any atom is 0.117 e. The Morgan fingerprint density at radius 2 is 2.19 bits per heavy atom. The second-order valence-corrected chi connectivity index (χ2v) is 7.10. The Morgan fingerprint density at radius 1 is 1.44 bits per heavy atom. The van der Waals surface area contributed by atoms with Crippen molar-refractivity contribution in [1.82, 2.24) is 0 Å². The smallest absolute Gasteiger partial charge is 0.117 e. The van der Waals surface area contributed by atoms with E-state index in [1.165, 1.54) is 12.8 Å². The summed E-state index contributed by atoms with van der Waals surface area (Å²) in [5.41, 5.74) is 0. The van der Waals surface area contributed by atoms with Crippen molar-refractivity contribution >= 4 is 11.8 Å². The van der Waals surface area contributed by atoms with Crippen LogP contribution in [0.5, 0.6) is 0 Å². The first kappa shape index (κ1) is 12.7. The van der Waals surface area contributed by atoms with Gasteiger partial charge in [-0.25, -0.2) is 0 Å². The lowest BCUT2D eigenvalue weighted by Crippen LogP contribution is -2.43. The molecular formula is C13H24O2S. The minimum atomic E-state index is 0.0131. The zero-order valence-corrected chi connectivity index (χ0v) is 11.4. The van der Waals surface area contributed by atoms with E-state index in [0.29, 0.717) is 11.8 Å². The zero-order chi connectivity index (χ0) is 11.8. The van der Waals surface area contributed by atoms with Gasteiger partial charge in [-0.1, -0.05) is 27.2 Å². The maximum atomic E-state index is 9.23.